The van der Waals surface area contributed by atoms with Crippen molar-refractivity contribution in [2.45, 2.75) is 33.2 Å². The zero-order valence-electron chi connectivity index (χ0n) is 13.6. The van der Waals surface area contributed by atoms with Gasteiger partial charge in [0.2, 0.25) is 0 Å². The summed E-state index contributed by atoms with van der Waals surface area (Å²) in [5.74, 6) is 0.618. The molecule has 0 amide bonds. The number of ketones is 1. The van der Waals surface area contributed by atoms with Gasteiger partial charge < -0.3 is 10.2 Å². The first-order valence-corrected chi connectivity index (χ1v) is 7.30. The minimum absolute atomic E-state index is 0.00822. The van der Waals surface area contributed by atoms with Crippen molar-refractivity contribution in [3.8, 4) is 6.07 Å². The van der Waals surface area contributed by atoms with E-state index in [0.29, 0.717) is 23.1 Å². The second kappa shape index (κ2) is 7.80. The van der Waals surface area contributed by atoms with Crippen LogP contribution in [-0.2, 0) is 0 Å². The topological polar surface area (TPSA) is 56.1 Å². The van der Waals surface area contributed by atoms with Crippen LogP contribution in [0.2, 0.25) is 0 Å². The number of benzene rings is 1. The maximum Gasteiger partial charge on any atom is 0.159 e. The first-order valence-electron chi connectivity index (χ1n) is 7.30. The van der Waals surface area contributed by atoms with Crippen molar-refractivity contribution in [1.29, 1.82) is 5.26 Å². The van der Waals surface area contributed by atoms with Crippen LogP contribution in [0.15, 0.2) is 18.2 Å². The maximum absolute atomic E-state index is 11.5. The Hall–Kier alpha value is -1.86. The fraction of sp³-hybridized carbons (Fsp3) is 0.529. The number of carbonyl (C=O) groups is 1. The first-order chi connectivity index (χ1) is 9.85. The van der Waals surface area contributed by atoms with Crippen LogP contribution in [0, 0.1) is 17.2 Å². The molecule has 0 saturated heterocycles. The third-order valence-corrected chi connectivity index (χ3v) is 3.55. The molecule has 1 rings (SSSR count). The van der Waals surface area contributed by atoms with Gasteiger partial charge in [-0.15, -0.1) is 0 Å². The predicted molar refractivity (Wildman–Crippen MR) is 86.6 cm³/mol. The molecule has 1 atom stereocenters. The highest BCUT2D eigenvalue weighted by molar-refractivity contribution is 5.95. The normalized spacial score (nSPS) is 12.3. The molecule has 4 nitrogen and oxygen atoms in total. The van der Waals surface area contributed by atoms with Crippen molar-refractivity contribution in [2.24, 2.45) is 5.92 Å². The molecule has 1 N–H and O–H groups in total. The van der Waals surface area contributed by atoms with Crippen LogP contribution in [0.3, 0.4) is 0 Å². The van der Waals surface area contributed by atoms with Gasteiger partial charge in [-0.1, -0.05) is 13.8 Å². The van der Waals surface area contributed by atoms with E-state index < -0.39 is 0 Å². The Morgan fingerprint density at radius 3 is 2.52 bits per heavy atom. The molecule has 1 unspecified atom stereocenters. The number of rotatable bonds is 7. The van der Waals surface area contributed by atoms with Gasteiger partial charge in [-0.2, -0.15) is 5.26 Å². The van der Waals surface area contributed by atoms with Crippen molar-refractivity contribution in [3.05, 3.63) is 29.3 Å². The van der Waals surface area contributed by atoms with Gasteiger partial charge in [-0.25, -0.2) is 0 Å². The van der Waals surface area contributed by atoms with Gasteiger partial charge in [-0.05, 0) is 51.6 Å². The molecular weight excluding hydrogens is 262 g/mol. The number of likely N-dealkylation sites (N-methyl/N-ethyl adjacent to an activating group) is 1. The summed E-state index contributed by atoms with van der Waals surface area (Å²) in [6.07, 6.45) is 1.08. The highest BCUT2D eigenvalue weighted by Crippen LogP contribution is 2.19. The number of Topliss-reactive ketones (excluding diaryl/α,β-unsaturated/α-hetero) is 1. The van der Waals surface area contributed by atoms with Crippen molar-refractivity contribution in [2.75, 3.05) is 26.0 Å². The van der Waals surface area contributed by atoms with Crippen LogP contribution in [0.25, 0.3) is 0 Å². The number of hydrogen-bond acceptors (Lipinski definition) is 4. The molecular formula is C17H25N3O. The number of anilines is 1. The van der Waals surface area contributed by atoms with E-state index in [9.17, 15) is 10.1 Å². The Bertz CT molecular complexity index is 529. The van der Waals surface area contributed by atoms with E-state index in [1.165, 1.54) is 6.92 Å². The molecule has 114 valence electrons. The lowest BCUT2D eigenvalue weighted by molar-refractivity contribution is 0.101. The van der Waals surface area contributed by atoms with Gasteiger partial charge >= 0.3 is 0 Å². The van der Waals surface area contributed by atoms with Gasteiger partial charge in [0.15, 0.2) is 5.78 Å². The smallest absolute Gasteiger partial charge is 0.159 e. The fourth-order valence-electron chi connectivity index (χ4n) is 2.26. The van der Waals surface area contributed by atoms with Crippen LogP contribution in [0.1, 0.15) is 43.1 Å². The Labute approximate surface area is 127 Å². The highest BCUT2D eigenvalue weighted by Gasteiger charge is 2.14. The molecule has 21 heavy (non-hydrogen) atoms. The number of hydrogen-bond donors (Lipinski definition) is 1. The standard InChI is InChI=1S/C17H25N3O/c1-12(2)8-16(20(4)5)11-19-17-9-14(13(3)21)6-7-15(17)10-18/h6-7,9,12,16,19H,8,11H2,1-5H3. The lowest BCUT2D eigenvalue weighted by Crippen LogP contribution is -2.35. The molecule has 4 heteroatoms. The van der Waals surface area contributed by atoms with E-state index in [1.54, 1.807) is 18.2 Å². The summed E-state index contributed by atoms with van der Waals surface area (Å²) < 4.78 is 0. The van der Waals surface area contributed by atoms with Crippen molar-refractivity contribution >= 4 is 11.5 Å². The molecule has 0 aliphatic rings. The Balaban J connectivity index is 2.88. The fourth-order valence-corrected chi connectivity index (χ4v) is 2.26. The van der Waals surface area contributed by atoms with Crippen LogP contribution < -0.4 is 5.32 Å². The first kappa shape index (κ1) is 17.2. The van der Waals surface area contributed by atoms with Crippen LogP contribution in [-0.4, -0.2) is 37.4 Å². The molecule has 0 heterocycles. The van der Waals surface area contributed by atoms with Crippen LogP contribution >= 0.6 is 0 Å². The molecule has 0 aromatic heterocycles. The lowest BCUT2D eigenvalue weighted by atomic mass is 10.0. The van der Waals surface area contributed by atoms with E-state index in [0.717, 1.165) is 18.7 Å². The molecule has 1 aromatic carbocycles. The zero-order valence-corrected chi connectivity index (χ0v) is 13.6. The van der Waals surface area contributed by atoms with E-state index >= 15 is 0 Å². The van der Waals surface area contributed by atoms with Crippen LogP contribution in [0.4, 0.5) is 5.69 Å². The van der Waals surface area contributed by atoms with E-state index in [1.807, 2.05) is 0 Å². The second-order valence-corrected chi connectivity index (χ2v) is 6.06. The van der Waals surface area contributed by atoms with Gasteiger partial charge in [0.05, 0.1) is 11.3 Å². The highest BCUT2D eigenvalue weighted by atomic mass is 16.1. The minimum atomic E-state index is 0.00822. The van der Waals surface area contributed by atoms with Crippen molar-refractivity contribution in [1.82, 2.24) is 4.90 Å². The van der Waals surface area contributed by atoms with Gasteiger partial charge in [-0.3, -0.25) is 4.79 Å². The van der Waals surface area contributed by atoms with E-state index in [2.05, 4.69) is 44.2 Å². The summed E-state index contributed by atoms with van der Waals surface area (Å²) in [7, 11) is 4.12. The predicted octanol–water partition coefficient (Wildman–Crippen LogP) is 3.15. The molecule has 0 radical (unpaired) electrons. The SMILES string of the molecule is CC(=O)c1ccc(C#N)c(NCC(CC(C)C)N(C)C)c1. The van der Waals surface area contributed by atoms with E-state index in [-0.39, 0.29) is 5.78 Å². The number of carbonyl (C=O) groups excluding carboxylic acids is 1. The average molecular weight is 287 g/mol. The summed E-state index contributed by atoms with van der Waals surface area (Å²) in [6.45, 7) is 6.69. The Morgan fingerprint density at radius 2 is 2.05 bits per heavy atom. The van der Waals surface area contributed by atoms with Gasteiger partial charge in [0, 0.05) is 18.2 Å². The molecule has 0 aliphatic heterocycles. The largest absolute Gasteiger partial charge is 0.382 e. The molecule has 0 aliphatic carbocycles. The van der Waals surface area contributed by atoms with Crippen molar-refractivity contribution < 1.29 is 4.79 Å². The molecule has 0 saturated carbocycles. The number of nitriles is 1. The molecule has 0 spiro atoms. The molecule has 0 fully saturated rings. The minimum Gasteiger partial charge on any atom is -0.382 e. The Kier molecular flexibility index (Phi) is 6.39. The summed E-state index contributed by atoms with van der Waals surface area (Å²) >= 11 is 0. The summed E-state index contributed by atoms with van der Waals surface area (Å²) in [5, 5.41) is 12.5. The van der Waals surface area contributed by atoms with Gasteiger partial charge in [0.1, 0.15) is 6.07 Å². The summed E-state index contributed by atoms with van der Waals surface area (Å²) in [5.41, 5.74) is 1.93. The number of nitrogens with zero attached hydrogens (tertiary/aromatic N) is 2. The Morgan fingerprint density at radius 1 is 1.38 bits per heavy atom. The zero-order chi connectivity index (χ0) is 16.0. The van der Waals surface area contributed by atoms with Crippen LogP contribution in [0.5, 0.6) is 0 Å². The maximum atomic E-state index is 11.5. The average Bonchev–Trinajstić information content (AvgIpc) is 2.42. The summed E-state index contributed by atoms with van der Waals surface area (Å²) in [4.78, 5) is 13.7. The van der Waals surface area contributed by atoms with E-state index in [4.69, 9.17) is 0 Å². The van der Waals surface area contributed by atoms with Crippen molar-refractivity contribution in [3.63, 3.8) is 0 Å². The molecule has 1 aromatic rings. The third kappa shape index (κ3) is 5.20. The lowest BCUT2D eigenvalue weighted by Gasteiger charge is -2.27. The summed E-state index contributed by atoms with van der Waals surface area (Å²) in [6, 6.07) is 7.72. The third-order valence-electron chi connectivity index (χ3n) is 3.55. The van der Waals surface area contributed by atoms with Gasteiger partial charge in [0.25, 0.3) is 0 Å². The quantitative estimate of drug-likeness (QED) is 0.783. The number of nitrogens with one attached hydrogen (secondary N) is 1. The second-order valence-electron chi connectivity index (χ2n) is 6.06. The monoisotopic (exact) mass is 287 g/mol. The molecule has 0 bridgehead atoms.